The molecule has 0 radical (unpaired) electrons. The Morgan fingerprint density at radius 2 is 1.88 bits per heavy atom. The SMILES string of the molecule is Cc1ccc(S(=O)(=O)O)c(OC(F)(F)F)c1. The summed E-state index contributed by atoms with van der Waals surface area (Å²) < 4.78 is 69.5. The van der Waals surface area contributed by atoms with Gasteiger partial charge >= 0.3 is 6.36 Å². The fraction of sp³-hybridized carbons (Fsp3) is 0.250. The maximum Gasteiger partial charge on any atom is 0.573 e. The van der Waals surface area contributed by atoms with E-state index in [1.54, 1.807) is 0 Å². The first-order valence-corrected chi connectivity index (χ1v) is 5.37. The average molecular weight is 256 g/mol. The molecule has 0 saturated heterocycles. The van der Waals surface area contributed by atoms with Crippen LogP contribution in [0.1, 0.15) is 5.56 Å². The molecule has 1 aromatic rings. The van der Waals surface area contributed by atoms with Gasteiger partial charge in [0.1, 0.15) is 4.90 Å². The van der Waals surface area contributed by atoms with Crippen LogP contribution in [0.2, 0.25) is 0 Å². The minimum absolute atomic E-state index is 0.367. The summed E-state index contributed by atoms with van der Waals surface area (Å²) >= 11 is 0. The largest absolute Gasteiger partial charge is 0.573 e. The minimum Gasteiger partial charge on any atom is -0.404 e. The molecule has 8 heteroatoms. The zero-order chi connectivity index (χ0) is 12.6. The maximum atomic E-state index is 11.9. The van der Waals surface area contributed by atoms with E-state index in [-0.39, 0.29) is 0 Å². The van der Waals surface area contributed by atoms with Crippen LogP contribution >= 0.6 is 0 Å². The van der Waals surface area contributed by atoms with Gasteiger partial charge in [-0.2, -0.15) is 8.42 Å². The summed E-state index contributed by atoms with van der Waals surface area (Å²) in [5.41, 5.74) is 0.367. The van der Waals surface area contributed by atoms with E-state index in [4.69, 9.17) is 4.55 Å². The molecular weight excluding hydrogens is 249 g/mol. The van der Waals surface area contributed by atoms with Crippen molar-refractivity contribution in [3.8, 4) is 5.75 Å². The number of rotatable bonds is 2. The lowest BCUT2D eigenvalue weighted by molar-refractivity contribution is -0.275. The summed E-state index contributed by atoms with van der Waals surface area (Å²) in [4.78, 5) is -0.921. The molecule has 0 amide bonds. The quantitative estimate of drug-likeness (QED) is 0.823. The monoisotopic (exact) mass is 256 g/mol. The van der Waals surface area contributed by atoms with Gasteiger partial charge < -0.3 is 4.74 Å². The minimum atomic E-state index is -5.02. The molecule has 16 heavy (non-hydrogen) atoms. The third-order valence-corrected chi connectivity index (χ3v) is 2.50. The van der Waals surface area contributed by atoms with Crippen LogP contribution in [0.15, 0.2) is 23.1 Å². The van der Waals surface area contributed by atoms with E-state index in [9.17, 15) is 21.6 Å². The second-order valence-electron chi connectivity index (χ2n) is 2.97. The van der Waals surface area contributed by atoms with Crippen LogP contribution in [0, 0.1) is 6.92 Å². The lowest BCUT2D eigenvalue weighted by atomic mass is 10.2. The molecule has 0 unspecified atom stereocenters. The van der Waals surface area contributed by atoms with Crippen molar-refractivity contribution >= 4 is 10.1 Å². The smallest absolute Gasteiger partial charge is 0.404 e. The second kappa shape index (κ2) is 3.95. The average Bonchev–Trinajstić information content (AvgIpc) is 1.97. The van der Waals surface area contributed by atoms with E-state index < -0.39 is 27.1 Å². The predicted molar refractivity (Wildman–Crippen MR) is 47.7 cm³/mol. The molecule has 0 saturated carbocycles. The van der Waals surface area contributed by atoms with Crippen LogP contribution < -0.4 is 4.74 Å². The van der Waals surface area contributed by atoms with Crippen molar-refractivity contribution in [2.45, 2.75) is 18.2 Å². The Morgan fingerprint density at radius 3 is 2.31 bits per heavy atom. The first kappa shape index (κ1) is 12.8. The molecule has 0 spiro atoms. The van der Waals surface area contributed by atoms with Crippen LogP contribution in [0.25, 0.3) is 0 Å². The molecule has 4 nitrogen and oxygen atoms in total. The lowest BCUT2D eigenvalue weighted by Gasteiger charge is -2.12. The van der Waals surface area contributed by atoms with Crippen molar-refractivity contribution in [2.75, 3.05) is 0 Å². The third-order valence-electron chi connectivity index (χ3n) is 1.60. The van der Waals surface area contributed by atoms with Crippen molar-refractivity contribution in [3.05, 3.63) is 23.8 Å². The molecule has 0 fully saturated rings. The molecule has 1 rings (SSSR count). The van der Waals surface area contributed by atoms with Crippen molar-refractivity contribution in [1.29, 1.82) is 0 Å². The molecule has 1 N–H and O–H groups in total. The molecular formula is C8H7F3O4S. The Kier molecular flexibility index (Phi) is 3.15. The van der Waals surface area contributed by atoms with E-state index in [1.807, 2.05) is 0 Å². The van der Waals surface area contributed by atoms with E-state index in [0.29, 0.717) is 5.56 Å². The van der Waals surface area contributed by atoms with Gasteiger partial charge in [-0.3, -0.25) is 4.55 Å². The number of halogens is 3. The molecule has 0 aliphatic carbocycles. The highest BCUT2D eigenvalue weighted by Crippen LogP contribution is 2.30. The van der Waals surface area contributed by atoms with Crippen molar-refractivity contribution in [2.24, 2.45) is 0 Å². The van der Waals surface area contributed by atoms with Gasteiger partial charge in [0.05, 0.1) is 0 Å². The summed E-state index contributed by atoms with van der Waals surface area (Å²) in [7, 11) is -4.75. The van der Waals surface area contributed by atoms with Gasteiger partial charge in [0.25, 0.3) is 10.1 Å². The molecule has 1 aromatic carbocycles. The van der Waals surface area contributed by atoms with Crippen LogP contribution in [0.5, 0.6) is 5.75 Å². The molecule has 0 aliphatic heterocycles. The summed E-state index contributed by atoms with van der Waals surface area (Å²) in [6, 6.07) is 2.95. The van der Waals surface area contributed by atoms with Crippen LogP contribution in [-0.4, -0.2) is 19.3 Å². The highest BCUT2D eigenvalue weighted by atomic mass is 32.2. The molecule has 90 valence electrons. The Labute approximate surface area is 89.4 Å². The van der Waals surface area contributed by atoms with Crippen LogP contribution in [0.4, 0.5) is 13.2 Å². The molecule has 0 aliphatic rings. The summed E-state index contributed by atoms with van der Waals surface area (Å²) in [5, 5.41) is 0. The fourth-order valence-electron chi connectivity index (χ4n) is 1.03. The summed E-state index contributed by atoms with van der Waals surface area (Å²) in [6.07, 6.45) is -5.02. The van der Waals surface area contributed by atoms with E-state index in [1.165, 1.54) is 13.0 Å². The maximum absolute atomic E-state index is 11.9. The number of aryl methyl sites for hydroxylation is 1. The Hall–Kier alpha value is -1.28. The normalized spacial score (nSPS) is 12.6. The van der Waals surface area contributed by atoms with E-state index in [2.05, 4.69) is 4.74 Å². The highest BCUT2D eigenvalue weighted by Gasteiger charge is 2.33. The van der Waals surface area contributed by atoms with Gasteiger partial charge in [0.2, 0.25) is 0 Å². The topological polar surface area (TPSA) is 63.6 Å². The predicted octanol–water partition coefficient (Wildman–Crippen LogP) is 2.14. The number of hydrogen-bond acceptors (Lipinski definition) is 3. The van der Waals surface area contributed by atoms with Gasteiger partial charge in [-0.1, -0.05) is 6.07 Å². The first-order valence-electron chi connectivity index (χ1n) is 3.93. The van der Waals surface area contributed by atoms with Crippen LogP contribution in [0.3, 0.4) is 0 Å². The molecule has 0 aromatic heterocycles. The zero-order valence-electron chi connectivity index (χ0n) is 7.95. The lowest BCUT2D eigenvalue weighted by Crippen LogP contribution is -2.19. The number of hydrogen-bond donors (Lipinski definition) is 1. The summed E-state index contributed by atoms with van der Waals surface area (Å²) in [6.45, 7) is 1.46. The van der Waals surface area contributed by atoms with Crippen molar-refractivity contribution in [3.63, 3.8) is 0 Å². The Bertz CT molecular complexity index is 492. The fourth-order valence-corrected chi connectivity index (χ4v) is 1.63. The van der Waals surface area contributed by atoms with Crippen LogP contribution in [-0.2, 0) is 10.1 Å². The van der Waals surface area contributed by atoms with Gasteiger partial charge in [0, 0.05) is 0 Å². The number of ether oxygens (including phenoxy) is 1. The molecule has 0 atom stereocenters. The van der Waals surface area contributed by atoms with Gasteiger partial charge in [-0.15, -0.1) is 13.2 Å². The van der Waals surface area contributed by atoms with Crippen molar-refractivity contribution < 1.29 is 30.9 Å². The van der Waals surface area contributed by atoms with Gasteiger partial charge in [-0.05, 0) is 24.6 Å². The third kappa shape index (κ3) is 3.38. The highest BCUT2D eigenvalue weighted by molar-refractivity contribution is 7.86. The zero-order valence-corrected chi connectivity index (χ0v) is 8.76. The van der Waals surface area contributed by atoms with Gasteiger partial charge in [-0.25, -0.2) is 0 Å². The Balaban J connectivity index is 3.30. The Morgan fingerprint density at radius 1 is 1.31 bits per heavy atom. The molecule has 0 bridgehead atoms. The number of benzene rings is 1. The van der Waals surface area contributed by atoms with E-state index in [0.717, 1.165) is 12.1 Å². The number of alkyl halides is 3. The van der Waals surface area contributed by atoms with Gasteiger partial charge in [0.15, 0.2) is 5.75 Å². The first-order chi connectivity index (χ1) is 7.09. The molecule has 0 heterocycles. The van der Waals surface area contributed by atoms with Crippen molar-refractivity contribution in [1.82, 2.24) is 0 Å². The second-order valence-corrected chi connectivity index (χ2v) is 4.36. The standard InChI is InChI=1S/C8H7F3O4S/c1-5-2-3-7(16(12,13)14)6(4-5)15-8(9,10)11/h2-4H,1H3,(H,12,13,14). The van der Waals surface area contributed by atoms with E-state index >= 15 is 0 Å². The summed E-state index contributed by atoms with van der Waals surface area (Å²) in [5.74, 6) is -0.949.